The molecule has 2 aliphatic carbocycles. The van der Waals surface area contributed by atoms with Crippen LogP contribution in [0.5, 0.6) is 5.75 Å². The first-order valence-electron chi connectivity index (χ1n) is 9.22. The SMILES string of the molecule is O=C(c1ccncc1)N(Cc1ccc(OCC2CCC2)cc1)C1CC1. The fourth-order valence-electron chi connectivity index (χ4n) is 3.17. The van der Waals surface area contributed by atoms with Crippen LogP contribution in [0.25, 0.3) is 0 Å². The van der Waals surface area contributed by atoms with Crippen LogP contribution >= 0.6 is 0 Å². The van der Waals surface area contributed by atoms with Gasteiger partial charge in [-0.25, -0.2) is 0 Å². The molecule has 2 fully saturated rings. The Bertz CT molecular complexity index is 706. The third-order valence-electron chi connectivity index (χ3n) is 5.16. The summed E-state index contributed by atoms with van der Waals surface area (Å²) in [6, 6.07) is 12.1. The van der Waals surface area contributed by atoms with Crippen molar-refractivity contribution in [1.82, 2.24) is 9.88 Å². The molecule has 0 saturated heterocycles. The van der Waals surface area contributed by atoms with Crippen molar-refractivity contribution in [1.29, 1.82) is 0 Å². The van der Waals surface area contributed by atoms with Gasteiger partial charge in [-0.15, -0.1) is 0 Å². The molecule has 1 aromatic heterocycles. The monoisotopic (exact) mass is 336 g/mol. The third-order valence-corrected chi connectivity index (χ3v) is 5.16. The number of aromatic nitrogens is 1. The Morgan fingerprint density at radius 3 is 2.36 bits per heavy atom. The highest BCUT2D eigenvalue weighted by Crippen LogP contribution is 2.30. The summed E-state index contributed by atoms with van der Waals surface area (Å²) in [5.74, 6) is 1.76. The zero-order valence-corrected chi connectivity index (χ0v) is 14.4. The van der Waals surface area contributed by atoms with Gasteiger partial charge in [0.1, 0.15) is 5.75 Å². The standard InChI is InChI=1S/C21H24N2O2/c24-21(18-10-12-22-13-11-18)23(19-6-7-19)14-16-4-8-20(9-5-16)25-15-17-2-1-3-17/h4-5,8-13,17,19H,1-3,6-7,14-15H2. The minimum absolute atomic E-state index is 0.0928. The largest absolute Gasteiger partial charge is 0.493 e. The van der Waals surface area contributed by atoms with E-state index in [-0.39, 0.29) is 5.91 Å². The van der Waals surface area contributed by atoms with E-state index < -0.39 is 0 Å². The van der Waals surface area contributed by atoms with E-state index in [9.17, 15) is 4.79 Å². The topological polar surface area (TPSA) is 42.4 Å². The highest BCUT2D eigenvalue weighted by Gasteiger charge is 2.33. The van der Waals surface area contributed by atoms with Crippen LogP contribution in [0, 0.1) is 5.92 Å². The molecule has 0 aliphatic heterocycles. The molecule has 130 valence electrons. The molecule has 1 amide bonds. The fourth-order valence-corrected chi connectivity index (χ4v) is 3.17. The van der Waals surface area contributed by atoms with Gasteiger partial charge in [-0.2, -0.15) is 0 Å². The fraction of sp³-hybridized carbons (Fsp3) is 0.429. The summed E-state index contributed by atoms with van der Waals surface area (Å²) in [5, 5.41) is 0. The normalized spacial score (nSPS) is 17.0. The number of hydrogen-bond acceptors (Lipinski definition) is 3. The molecule has 0 atom stereocenters. The summed E-state index contributed by atoms with van der Waals surface area (Å²) in [6.45, 7) is 1.48. The van der Waals surface area contributed by atoms with Gasteiger partial charge in [0.15, 0.2) is 0 Å². The third kappa shape index (κ3) is 4.01. The van der Waals surface area contributed by atoms with Gasteiger partial charge in [-0.3, -0.25) is 9.78 Å². The van der Waals surface area contributed by atoms with Crippen LogP contribution in [-0.2, 0) is 6.54 Å². The van der Waals surface area contributed by atoms with Crippen molar-refractivity contribution in [3.05, 3.63) is 59.9 Å². The minimum atomic E-state index is 0.0928. The maximum atomic E-state index is 12.8. The molecule has 1 heterocycles. The lowest BCUT2D eigenvalue weighted by molar-refractivity contribution is 0.0730. The maximum absolute atomic E-state index is 12.8. The summed E-state index contributed by atoms with van der Waals surface area (Å²) in [6.07, 6.45) is 9.48. The molecule has 0 radical (unpaired) electrons. The maximum Gasteiger partial charge on any atom is 0.254 e. The average Bonchev–Trinajstić information content (AvgIpc) is 3.45. The second-order valence-electron chi connectivity index (χ2n) is 7.15. The molecule has 0 spiro atoms. The Hall–Kier alpha value is -2.36. The predicted molar refractivity (Wildman–Crippen MR) is 96.4 cm³/mol. The Labute approximate surface area is 148 Å². The van der Waals surface area contributed by atoms with Crippen molar-refractivity contribution in [2.24, 2.45) is 5.92 Å². The van der Waals surface area contributed by atoms with Crippen LogP contribution in [-0.4, -0.2) is 28.4 Å². The predicted octanol–water partition coefficient (Wildman–Crippen LogP) is 4.07. The van der Waals surface area contributed by atoms with Crippen molar-refractivity contribution in [2.45, 2.75) is 44.7 Å². The Balaban J connectivity index is 1.39. The number of nitrogens with zero attached hydrogens (tertiary/aromatic N) is 2. The molecule has 1 aromatic carbocycles. The molecule has 4 heteroatoms. The molecule has 25 heavy (non-hydrogen) atoms. The van der Waals surface area contributed by atoms with Crippen molar-refractivity contribution in [3.63, 3.8) is 0 Å². The summed E-state index contributed by atoms with van der Waals surface area (Å²) in [7, 11) is 0. The first kappa shape index (κ1) is 16.1. The van der Waals surface area contributed by atoms with Gasteiger partial charge in [0, 0.05) is 30.5 Å². The first-order valence-corrected chi connectivity index (χ1v) is 9.22. The van der Waals surface area contributed by atoms with E-state index in [1.165, 1.54) is 19.3 Å². The van der Waals surface area contributed by atoms with E-state index in [0.29, 0.717) is 18.2 Å². The number of rotatable bonds is 7. The van der Waals surface area contributed by atoms with E-state index in [0.717, 1.165) is 36.7 Å². The molecule has 2 aromatic rings. The number of ether oxygens (including phenoxy) is 1. The van der Waals surface area contributed by atoms with E-state index in [1.54, 1.807) is 24.5 Å². The lowest BCUT2D eigenvalue weighted by Crippen LogP contribution is -2.32. The highest BCUT2D eigenvalue weighted by molar-refractivity contribution is 5.94. The van der Waals surface area contributed by atoms with E-state index in [4.69, 9.17) is 4.74 Å². The number of pyridine rings is 1. The minimum Gasteiger partial charge on any atom is -0.493 e. The van der Waals surface area contributed by atoms with Gasteiger partial charge < -0.3 is 9.64 Å². The van der Waals surface area contributed by atoms with Crippen LogP contribution in [0.15, 0.2) is 48.8 Å². The second kappa shape index (κ2) is 7.26. The van der Waals surface area contributed by atoms with Crippen LogP contribution in [0.2, 0.25) is 0 Å². The zero-order chi connectivity index (χ0) is 17.1. The molecular weight excluding hydrogens is 312 g/mol. The van der Waals surface area contributed by atoms with Gasteiger partial charge in [0.2, 0.25) is 0 Å². The Morgan fingerprint density at radius 1 is 1.04 bits per heavy atom. The van der Waals surface area contributed by atoms with Crippen molar-refractivity contribution < 1.29 is 9.53 Å². The molecule has 4 nitrogen and oxygen atoms in total. The van der Waals surface area contributed by atoms with E-state index in [1.807, 2.05) is 17.0 Å². The van der Waals surface area contributed by atoms with Gasteiger partial charge in [-0.05, 0) is 61.4 Å². The number of benzene rings is 1. The van der Waals surface area contributed by atoms with Crippen molar-refractivity contribution >= 4 is 5.91 Å². The lowest BCUT2D eigenvalue weighted by Gasteiger charge is -2.25. The summed E-state index contributed by atoms with van der Waals surface area (Å²) >= 11 is 0. The average molecular weight is 336 g/mol. The van der Waals surface area contributed by atoms with Crippen molar-refractivity contribution in [2.75, 3.05) is 6.61 Å². The van der Waals surface area contributed by atoms with E-state index >= 15 is 0 Å². The molecule has 0 bridgehead atoms. The van der Waals surface area contributed by atoms with Gasteiger partial charge in [-0.1, -0.05) is 18.6 Å². The van der Waals surface area contributed by atoms with Gasteiger partial charge in [0.05, 0.1) is 6.61 Å². The smallest absolute Gasteiger partial charge is 0.254 e. The summed E-state index contributed by atoms with van der Waals surface area (Å²) < 4.78 is 5.86. The number of carbonyl (C=O) groups is 1. The highest BCUT2D eigenvalue weighted by atomic mass is 16.5. The van der Waals surface area contributed by atoms with Gasteiger partial charge >= 0.3 is 0 Å². The molecule has 4 rings (SSSR count). The molecule has 2 saturated carbocycles. The number of carbonyl (C=O) groups excluding carboxylic acids is 1. The number of amides is 1. The van der Waals surface area contributed by atoms with Crippen LogP contribution in [0.3, 0.4) is 0 Å². The van der Waals surface area contributed by atoms with Crippen LogP contribution < -0.4 is 4.74 Å². The van der Waals surface area contributed by atoms with Crippen LogP contribution in [0.1, 0.15) is 48.0 Å². The molecule has 0 N–H and O–H groups in total. The molecule has 0 unspecified atom stereocenters. The number of hydrogen-bond donors (Lipinski definition) is 0. The zero-order valence-electron chi connectivity index (χ0n) is 14.4. The summed E-state index contributed by atoms with van der Waals surface area (Å²) in [5.41, 5.74) is 1.85. The molecular formula is C21H24N2O2. The van der Waals surface area contributed by atoms with Crippen molar-refractivity contribution in [3.8, 4) is 5.75 Å². The first-order chi connectivity index (χ1) is 12.3. The Morgan fingerprint density at radius 2 is 1.76 bits per heavy atom. The van der Waals surface area contributed by atoms with Gasteiger partial charge in [0.25, 0.3) is 5.91 Å². The summed E-state index contributed by atoms with van der Waals surface area (Å²) in [4.78, 5) is 18.8. The lowest BCUT2D eigenvalue weighted by atomic mass is 9.86. The second-order valence-corrected chi connectivity index (χ2v) is 7.15. The molecule has 2 aliphatic rings. The van der Waals surface area contributed by atoms with E-state index in [2.05, 4.69) is 17.1 Å². The Kier molecular flexibility index (Phi) is 4.68. The van der Waals surface area contributed by atoms with Crippen LogP contribution in [0.4, 0.5) is 0 Å². The quantitative estimate of drug-likeness (QED) is 0.765.